The second-order valence-corrected chi connectivity index (χ2v) is 9.74. The second-order valence-electron chi connectivity index (χ2n) is 8.03. The summed E-state index contributed by atoms with van der Waals surface area (Å²) in [6.45, 7) is 9.08. The van der Waals surface area contributed by atoms with Crippen molar-refractivity contribution in [3.63, 3.8) is 0 Å². The zero-order valence-corrected chi connectivity index (χ0v) is 19.5. The van der Waals surface area contributed by atoms with E-state index in [4.69, 9.17) is 0 Å². The fourth-order valence-corrected chi connectivity index (χ4v) is 4.07. The minimum atomic E-state index is -3.60. The molecule has 0 aliphatic heterocycles. The van der Waals surface area contributed by atoms with Crippen LogP contribution >= 0.6 is 0 Å². The number of hydrogen-bond acceptors (Lipinski definition) is 5. The lowest BCUT2D eigenvalue weighted by Crippen LogP contribution is -2.32. The van der Waals surface area contributed by atoms with Crippen LogP contribution in [0.25, 0.3) is 0 Å². The van der Waals surface area contributed by atoms with Gasteiger partial charge in [-0.15, -0.1) is 0 Å². The first-order valence-electron chi connectivity index (χ1n) is 10.1. The van der Waals surface area contributed by atoms with Gasteiger partial charge in [-0.3, -0.25) is 4.79 Å². The minimum Gasteiger partial charge on any atom is -0.374 e. The molecule has 2 aromatic rings. The van der Waals surface area contributed by atoms with Crippen molar-refractivity contribution in [1.29, 1.82) is 0 Å². The Bertz CT molecular complexity index is 1010. The molecule has 31 heavy (non-hydrogen) atoms. The zero-order chi connectivity index (χ0) is 23.3. The molecule has 170 valence electrons. The first kappa shape index (κ1) is 24.6. The second kappa shape index (κ2) is 10.1. The van der Waals surface area contributed by atoms with Gasteiger partial charge in [-0.1, -0.05) is 0 Å². The summed E-state index contributed by atoms with van der Waals surface area (Å²) in [7, 11) is -1.77. The van der Waals surface area contributed by atoms with Crippen LogP contribution in [-0.2, 0) is 14.8 Å². The number of nitrogens with zero attached hydrogens (tertiary/aromatic N) is 1. The number of hydrogen-bond donors (Lipinski definition) is 3. The number of carbonyl (C=O) groups excluding carboxylic acids is 1. The summed E-state index contributed by atoms with van der Waals surface area (Å²) in [6, 6.07) is 9.95. The summed E-state index contributed by atoms with van der Waals surface area (Å²) in [5.74, 6) is -0.708. The fourth-order valence-electron chi connectivity index (χ4n) is 2.82. The highest BCUT2D eigenvalue weighted by molar-refractivity contribution is 7.89. The smallest absolute Gasteiger partial charge is 0.246 e. The van der Waals surface area contributed by atoms with Gasteiger partial charge in [0.2, 0.25) is 15.9 Å². The van der Waals surface area contributed by atoms with Crippen LogP contribution in [0.2, 0.25) is 0 Å². The maximum Gasteiger partial charge on any atom is 0.246 e. The first-order valence-corrected chi connectivity index (χ1v) is 11.6. The molecule has 3 N–H and O–H groups in total. The molecule has 0 aliphatic carbocycles. The van der Waals surface area contributed by atoms with Gasteiger partial charge < -0.3 is 15.5 Å². The van der Waals surface area contributed by atoms with Crippen LogP contribution in [0.15, 0.2) is 47.4 Å². The molecule has 1 unspecified atom stereocenters. The maximum atomic E-state index is 14.4. The Morgan fingerprint density at radius 3 is 2.06 bits per heavy atom. The molecule has 7 nitrogen and oxygen atoms in total. The van der Waals surface area contributed by atoms with E-state index >= 15 is 0 Å². The number of sulfonamides is 1. The van der Waals surface area contributed by atoms with E-state index in [0.717, 1.165) is 0 Å². The zero-order valence-electron chi connectivity index (χ0n) is 18.7. The van der Waals surface area contributed by atoms with Crippen LogP contribution in [0, 0.1) is 5.82 Å². The molecule has 0 saturated heterocycles. The molecule has 0 saturated carbocycles. The monoisotopic (exact) mass is 450 g/mol. The van der Waals surface area contributed by atoms with E-state index in [2.05, 4.69) is 15.4 Å². The molecule has 0 spiro atoms. The summed E-state index contributed by atoms with van der Waals surface area (Å²) >= 11 is 0. The van der Waals surface area contributed by atoms with Crippen LogP contribution in [0.4, 0.5) is 21.5 Å². The number of anilines is 3. The Morgan fingerprint density at radius 2 is 1.55 bits per heavy atom. The summed E-state index contributed by atoms with van der Waals surface area (Å²) in [5, 5.41) is 5.70. The average Bonchev–Trinajstić information content (AvgIpc) is 2.67. The third kappa shape index (κ3) is 6.67. The molecule has 0 radical (unpaired) electrons. The highest BCUT2D eigenvalue weighted by atomic mass is 32.2. The van der Waals surface area contributed by atoms with E-state index in [-0.39, 0.29) is 28.7 Å². The highest BCUT2D eigenvalue weighted by Gasteiger charge is 2.17. The summed E-state index contributed by atoms with van der Waals surface area (Å²) in [5.41, 5.74) is 1.43. The molecule has 0 aromatic heterocycles. The molecule has 0 fully saturated rings. The maximum absolute atomic E-state index is 14.4. The molecule has 2 aromatic carbocycles. The highest BCUT2D eigenvalue weighted by Crippen LogP contribution is 2.24. The van der Waals surface area contributed by atoms with Gasteiger partial charge in [0.05, 0.1) is 10.6 Å². The van der Waals surface area contributed by atoms with Gasteiger partial charge >= 0.3 is 0 Å². The van der Waals surface area contributed by atoms with E-state index < -0.39 is 16.1 Å². The van der Waals surface area contributed by atoms with Gasteiger partial charge in [0, 0.05) is 30.5 Å². The lowest BCUT2D eigenvalue weighted by Gasteiger charge is -2.25. The van der Waals surface area contributed by atoms with E-state index in [1.54, 1.807) is 32.9 Å². The Balaban J connectivity index is 2.02. The quantitative estimate of drug-likeness (QED) is 0.541. The number of rotatable bonds is 9. The molecular formula is C22H31FN4O3S. The summed E-state index contributed by atoms with van der Waals surface area (Å²) in [4.78, 5) is 14.4. The number of halogens is 1. The van der Waals surface area contributed by atoms with Crippen molar-refractivity contribution in [3.8, 4) is 0 Å². The van der Waals surface area contributed by atoms with Gasteiger partial charge in [0.15, 0.2) is 0 Å². The molecule has 0 heterocycles. The summed E-state index contributed by atoms with van der Waals surface area (Å²) in [6.07, 6.45) is 0. The van der Waals surface area contributed by atoms with Crippen molar-refractivity contribution in [3.05, 3.63) is 48.3 Å². The number of amides is 1. The van der Waals surface area contributed by atoms with Crippen molar-refractivity contribution >= 4 is 33.0 Å². The van der Waals surface area contributed by atoms with Gasteiger partial charge in [0.25, 0.3) is 0 Å². The number of nitrogens with one attached hydrogen (secondary N) is 3. The van der Waals surface area contributed by atoms with Crippen LogP contribution in [-0.4, -0.2) is 39.5 Å². The van der Waals surface area contributed by atoms with Crippen LogP contribution < -0.4 is 20.3 Å². The van der Waals surface area contributed by atoms with Crippen molar-refractivity contribution in [1.82, 2.24) is 4.72 Å². The fraction of sp³-hybridized carbons (Fsp3) is 0.409. The van der Waals surface area contributed by atoms with E-state index in [1.807, 2.05) is 25.8 Å². The molecule has 0 bridgehead atoms. The Labute approximate surface area is 184 Å². The van der Waals surface area contributed by atoms with Crippen molar-refractivity contribution in [2.45, 2.75) is 57.6 Å². The standard InChI is InChI=1S/C22H31FN4O3S/c1-14(2)26-31(29,30)19-10-7-17(8-11-19)25-22(28)16(5)24-18-9-12-21(20(23)13-18)27(6)15(3)4/h7-16,24,26H,1-6H3,(H,25,28). The number of benzene rings is 2. The van der Waals surface area contributed by atoms with Gasteiger partial charge in [-0.05, 0) is 77.1 Å². The van der Waals surface area contributed by atoms with Crippen molar-refractivity contribution in [2.24, 2.45) is 0 Å². The average molecular weight is 451 g/mol. The third-order valence-corrected chi connectivity index (χ3v) is 6.38. The van der Waals surface area contributed by atoms with E-state index in [1.165, 1.54) is 30.3 Å². The minimum absolute atomic E-state index is 0.118. The topological polar surface area (TPSA) is 90.5 Å². The Kier molecular flexibility index (Phi) is 8.02. The predicted molar refractivity (Wildman–Crippen MR) is 124 cm³/mol. The van der Waals surface area contributed by atoms with Gasteiger partial charge in [-0.25, -0.2) is 17.5 Å². The molecule has 1 atom stereocenters. The molecular weight excluding hydrogens is 419 g/mol. The Hall–Kier alpha value is -2.65. The van der Waals surface area contributed by atoms with Gasteiger partial charge in [0.1, 0.15) is 11.9 Å². The first-order chi connectivity index (χ1) is 14.4. The van der Waals surface area contributed by atoms with E-state index in [0.29, 0.717) is 17.1 Å². The molecule has 9 heteroatoms. The number of carbonyl (C=O) groups is 1. The largest absolute Gasteiger partial charge is 0.374 e. The predicted octanol–water partition coefficient (Wildman–Crippen LogP) is 3.80. The van der Waals surface area contributed by atoms with Crippen molar-refractivity contribution < 1.29 is 17.6 Å². The van der Waals surface area contributed by atoms with E-state index in [9.17, 15) is 17.6 Å². The molecule has 2 rings (SSSR count). The SMILES string of the molecule is CC(C)NS(=O)(=O)c1ccc(NC(=O)C(C)Nc2ccc(N(C)C(C)C)c(F)c2)cc1. The normalized spacial score (nSPS) is 12.7. The lowest BCUT2D eigenvalue weighted by atomic mass is 10.2. The Morgan fingerprint density at radius 1 is 0.968 bits per heavy atom. The molecule has 1 amide bonds. The van der Waals surface area contributed by atoms with Crippen molar-refractivity contribution in [2.75, 3.05) is 22.6 Å². The summed E-state index contributed by atoms with van der Waals surface area (Å²) < 4.78 is 41.3. The third-order valence-electron chi connectivity index (χ3n) is 4.70. The molecule has 0 aliphatic rings. The van der Waals surface area contributed by atoms with Crippen LogP contribution in [0.1, 0.15) is 34.6 Å². The lowest BCUT2D eigenvalue weighted by molar-refractivity contribution is -0.116. The van der Waals surface area contributed by atoms with Crippen LogP contribution in [0.3, 0.4) is 0 Å². The van der Waals surface area contributed by atoms with Gasteiger partial charge in [-0.2, -0.15) is 0 Å². The van der Waals surface area contributed by atoms with Crippen LogP contribution in [0.5, 0.6) is 0 Å².